The van der Waals surface area contributed by atoms with Crippen LogP contribution in [0, 0.1) is 17.8 Å². The second kappa shape index (κ2) is 5.68. The normalized spacial score (nSPS) is 25.6. The Morgan fingerprint density at radius 2 is 2.36 bits per heavy atom. The van der Waals surface area contributed by atoms with Gasteiger partial charge in [-0.2, -0.15) is 11.8 Å². The highest BCUT2D eigenvalue weighted by Gasteiger charge is 2.31. The summed E-state index contributed by atoms with van der Waals surface area (Å²) in [5, 5.41) is 3.63. The van der Waals surface area contributed by atoms with Gasteiger partial charge in [0.15, 0.2) is 0 Å². The van der Waals surface area contributed by atoms with Crippen LogP contribution in [0.3, 0.4) is 0 Å². The van der Waals surface area contributed by atoms with E-state index in [0.29, 0.717) is 11.5 Å². The minimum Gasteiger partial charge on any atom is -0.313 e. The Balaban J connectivity index is 2.24. The molecule has 0 bridgehead atoms. The molecule has 0 radical (unpaired) electrons. The van der Waals surface area contributed by atoms with E-state index in [-0.39, 0.29) is 0 Å². The smallest absolute Gasteiger partial charge is 0.0209 e. The van der Waals surface area contributed by atoms with Gasteiger partial charge in [0.05, 0.1) is 0 Å². The van der Waals surface area contributed by atoms with Crippen molar-refractivity contribution in [3.63, 3.8) is 0 Å². The van der Waals surface area contributed by atoms with Gasteiger partial charge in [0.1, 0.15) is 0 Å². The molecule has 1 rings (SSSR count). The largest absolute Gasteiger partial charge is 0.313 e. The third kappa shape index (κ3) is 3.55. The molecule has 2 heteroatoms. The molecule has 1 N–H and O–H groups in total. The van der Waals surface area contributed by atoms with Crippen LogP contribution in [0.5, 0.6) is 0 Å². The Kier molecular flexibility index (Phi) is 4.84. The van der Waals surface area contributed by atoms with E-state index in [4.69, 9.17) is 6.42 Å². The molecule has 0 aromatic rings. The lowest BCUT2D eigenvalue weighted by atomic mass is 9.82. The molecular weight excluding hydrogens is 190 g/mol. The highest BCUT2D eigenvalue weighted by atomic mass is 32.2. The van der Waals surface area contributed by atoms with Gasteiger partial charge in [-0.25, -0.2) is 0 Å². The van der Waals surface area contributed by atoms with Crippen molar-refractivity contribution >= 4 is 11.8 Å². The summed E-state index contributed by atoms with van der Waals surface area (Å²) in [5.41, 5.74) is 0.460. The first kappa shape index (κ1) is 11.9. The van der Waals surface area contributed by atoms with Gasteiger partial charge in [-0.05, 0) is 30.6 Å². The lowest BCUT2D eigenvalue weighted by Crippen LogP contribution is -2.46. The van der Waals surface area contributed by atoms with Gasteiger partial charge in [-0.15, -0.1) is 12.3 Å². The highest BCUT2D eigenvalue weighted by molar-refractivity contribution is 7.99. The standard InChI is InChI=1S/C12H21NS/c1-4-5-6-8-13-11-10-14-9-7-12(11,2)3/h1,11,13H,5-10H2,2-3H3. The molecule has 0 aromatic carbocycles. The van der Waals surface area contributed by atoms with Gasteiger partial charge < -0.3 is 5.32 Å². The van der Waals surface area contributed by atoms with Crippen molar-refractivity contribution in [1.29, 1.82) is 0 Å². The fourth-order valence-electron chi connectivity index (χ4n) is 1.74. The van der Waals surface area contributed by atoms with E-state index in [1.807, 2.05) is 0 Å². The molecule has 1 atom stereocenters. The van der Waals surface area contributed by atoms with Crippen LogP contribution >= 0.6 is 11.8 Å². The summed E-state index contributed by atoms with van der Waals surface area (Å²) in [5.74, 6) is 5.25. The topological polar surface area (TPSA) is 12.0 Å². The second-order valence-electron chi connectivity index (χ2n) is 4.63. The Labute approximate surface area is 92.4 Å². The van der Waals surface area contributed by atoms with E-state index in [9.17, 15) is 0 Å². The number of hydrogen-bond donors (Lipinski definition) is 1. The number of hydrogen-bond acceptors (Lipinski definition) is 2. The lowest BCUT2D eigenvalue weighted by molar-refractivity contribution is 0.246. The van der Waals surface area contributed by atoms with Crippen LogP contribution in [0.1, 0.15) is 33.1 Å². The van der Waals surface area contributed by atoms with Crippen molar-refractivity contribution in [3.8, 4) is 12.3 Å². The number of nitrogens with one attached hydrogen (secondary N) is 1. The SMILES string of the molecule is C#CCCCNC1CSCCC1(C)C. The summed E-state index contributed by atoms with van der Waals surface area (Å²) < 4.78 is 0. The predicted molar refractivity (Wildman–Crippen MR) is 65.6 cm³/mol. The van der Waals surface area contributed by atoms with Crippen molar-refractivity contribution < 1.29 is 0 Å². The summed E-state index contributed by atoms with van der Waals surface area (Å²) in [6.07, 6.45) is 8.54. The first-order valence-electron chi connectivity index (χ1n) is 5.41. The van der Waals surface area contributed by atoms with Crippen LogP contribution in [0.2, 0.25) is 0 Å². The summed E-state index contributed by atoms with van der Waals surface area (Å²) in [7, 11) is 0. The van der Waals surface area contributed by atoms with Crippen molar-refractivity contribution in [2.24, 2.45) is 5.41 Å². The quantitative estimate of drug-likeness (QED) is 0.566. The summed E-state index contributed by atoms with van der Waals surface area (Å²) in [4.78, 5) is 0. The molecule has 14 heavy (non-hydrogen) atoms. The van der Waals surface area contributed by atoms with Gasteiger partial charge in [-0.1, -0.05) is 13.8 Å². The van der Waals surface area contributed by atoms with Crippen molar-refractivity contribution in [1.82, 2.24) is 5.32 Å². The molecule has 1 saturated heterocycles. The van der Waals surface area contributed by atoms with E-state index >= 15 is 0 Å². The van der Waals surface area contributed by atoms with E-state index < -0.39 is 0 Å². The second-order valence-corrected chi connectivity index (χ2v) is 5.78. The average Bonchev–Trinajstić information content (AvgIpc) is 2.14. The third-order valence-electron chi connectivity index (χ3n) is 3.01. The molecular formula is C12H21NS. The van der Waals surface area contributed by atoms with Gasteiger partial charge in [-0.3, -0.25) is 0 Å². The maximum atomic E-state index is 5.22. The monoisotopic (exact) mass is 211 g/mol. The summed E-state index contributed by atoms with van der Waals surface area (Å²) in [6, 6.07) is 0.666. The molecule has 0 aromatic heterocycles. The summed E-state index contributed by atoms with van der Waals surface area (Å²) in [6.45, 7) is 5.80. The van der Waals surface area contributed by atoms with Gasteiger partial charge in [0, 0.05) is 18.2 Å². The zero-order valence-electron chi connectivity index (χ0n) is 9.31. The van der Waals surface area contributed by atoms with Gasteiger partial charge >= 0.3 is 0 Å². The predicted octanol–water partition coefficient (Wildman–Crippen LogP) is 2.52. The lowest BCUT2D eigenvalue weighted by Gasteiger charge is -2.38. The van der Waals surface area contributed by atoms with Crippen LogP contribution < -0.4 is 5.32 Å². The molecule has 80 valence electrons. The zero-order valence-corrected chi connectivity index (χ0v) is 10.1. The van der Waals surface area contributed by atoms with E-state index in [2.05, 4.69) is 36.8 Å². The van der Waals surface area contributed by atoms with Gasteiger partial charge in [0.25, 0.3) is 0 Å². The van der Waals surface area contributed by atoms with Crippen LogP contribution in [0.4, 0.5) is 0 Å². The molecule has 1 aliphatic rings. The van der Waals surface area contributed by atoms with Crippen LogP contribution in [-0.2, 0) is 0 Å². The molecule has 1 nitrogen and oxygen atoms in total. The minimum atomic E-state index is 0.460. The Hall–Kier alpha value is -0.130. The molecule has 0 aliphatic carbocycles. The molecule has 1 fully saturated rings. The van der Waals surface area contributed by atoms with Crippen molar-refractivity contribution in [3.05, 3.63) is 0 Å². The average molecular weight is 211 g/mol. The zero-order chi connectivity index (χ0) is 10.4. The van der Waals surface area contributed by atoms with Crippen LogP contribution in [0.25, 0.3) is 0 Å². The van der Waals surface area contributed by atoms with Crippen LogP contribution in [-0.4, -0.2) is 24.1 Å². The molecule has 1 heterocycles. The maximum absolute atomic E-state index is 5.22. The number of rotatable bonds is 4. The Morgan fingerprint density at radius 3 is 3.00 bits per heavy atom. The van der Waals surface area contributed by atoms with E-state index in [1.165, 1.54) is 17.9 Å². The highest BCUT2D eigenvalue weighted by Crippen LogP contribution is 2.33. The van der Waals surface area contributed by atoms with E-state index in [1.54, 1.807) is 0 Å². The minimum absolute atomic E-state index is 0.460. The fraction of sp³-hybridized carbons (Fsp3) is 0.833. The van der Waals surface area contributed by atoms with Gasteiger partial charge in [0.2, 0.25) is 0 Å². The van der Waals surface area contributed by atoms with Crippen molar-refractivity contribution in [2.75, 3.05) is 18.1 Å². The Bertz CT molecular complexity index is 205. The first-order valence-corrected chi connectivity index (χ1v) is 6.57. The number of thioether (sulfide) groups is 1. The summed E-state index contributed by atoms with van der Waals surface area (Å²) >= 11 is 2.07. The molecule has 0 saturated carbocycles. The molecule has 0 amide bonds. The fourth-order valence-corrected chi connectivity index (χ4v) is 3.38. The molecule has 1 aliphatic heterocycles. The molecule has 0 spiro atoms. The Morgan fingerprint density at radius 1 is 1.57 bits per heavy atom. The van der Waals surface area contributed by atoms with Crippen molar-refractivity contribution in [2.45, 2.75) is 39.2 Å². The third-order valence-corrected chi connectivity index (χ3v) is 4.07. The molecule has 1 unspecified atom stereocenters. The van der Waals surface area contributed by atoms with Crippen LogP contribution in [0.15, 0.2) is 0 Å². The number of terminal acetylenes is 1. The van der Waals surface area contributed by atoms with E-state index in [0.717, 1.165) is 19.4 Å². The maximum Gasteiger partial charge on any atom is 0.0209 e. The first-order chi connectivity index (χ1) is 6.67. The number of unbranched alkanes of at least 4 members (excludes halogenated alkanes) is 1.